The molecule has 13 heteroatoms. The second-order valence-electron chi connectivity index (χ2n) is 7.39. The average molecular weight is 449 g/mol. The van der Waals surface area contributed by atoms with Crippen molar-refractivity contribution in [2.45, 2.75) is 39.1 Å². The van der Waals surface area contributed by atoms with Crippen molar-refractivity contribution in [1.82, 2.24) is 24.6 Å². The highest BCUT2D eigenvalue weighted by atomic mass is 35.5. The summed E-state index contributed by atoms with van der Waals surface area (Å²) in [5.41, 5.74) is -1.85. The van der Waals surface area contributed by atoms with Crippen LogP contribution in [-0.4, -0.2) is 48.1 Å². The molecule has 2 unspecified atom stereocenters. The summed E-state index contributed by atoms with van der Waals surface area (Å²) in [6, 6.07) is 0. The minimum absolute atomic E-state index is 0.0801. The molecule has 0 aromatic carbocycles. The van der Waals surface area contributed by atoms with Crippen molar-refractivity contribution < 1.29 is 27.8 Å². The molecule has 30 heavy (non-hydrogen) atoms. The van der Waals surface area contributed by atoms with E-state index < -0.39 is 28.7 Å². The standard InChI is InChI=1S/C17H20ClF3N6O3/c1-8-5-16(3,27(7-8)15(28)29)30-11-9(2)25-26(4)13(11)24-14-22-6-10(12(18)23-14)17(19,20)21/h6,8H,5,7H2,1-4H3,(H,28,29)(H,22,23,24). The number of nitrogens with one attached hydrogen (secondary N) is 1. The van der Waals surface area contributed by atoms with E-state index >= 15 is 0 Å². The van der Waals surface area contributed by atoms with Gasteiger partial charge >= 0.3 is 12.3 Å². The van der Waals surface area contributed by atoms with Gasteiger partial charge in [0.25, 0.3) is 0 Å². The van der Waals surface area contributed by atoms with E-state index in [-0.39, 0.29) is 23.4 Å². The van der Waals surface area contributed by atoms with Gasteiger partial charge in [0.2, 0.25) is 5.95 Å². The molecule has 0 bridgehead atoms. The number of anilines is 2. The molecular weight excluding hydrogens is 429 g/mol. The fourth-order valence-corrected chi connectivity index (χ4v) is 3.78. The molecule has 0 aliphatic carbocycles. The zero-order chi connectivity index (χ0) is 22.4. The van der Waals surface area contributed by atoms with Crippen LogP contribution >= 0.6 is 11.6 Å². The van der Waals surface area contributed by atoms with Crippen LogP contribution in [0.15, 0.2) is 6.20 Å². The Bertz CT molecular complexity index is 982. The molecule has 2 aromatic heterocycles. The molecule has 1 saturated heterocycles. The molecule has 2 atom stereocenters. The van der Waals surface area contributed by atoms with E-state index in [1.165, 1.54) is 9.58 Å². The number of amides is 1. The largest absolute Gasteiger partial charge is 0.465 e. The lowest BCUT2D eigenvalue weighted by atomic mass is 10.1. The van der Waals surface area contributed by atoms with Crippen molar-refractivity contribution in [1.29, 1.82) is 0 Å². The Morgan fingerprint density at radius 3 is 2.70 bits per heavy atom. The van der Waals surface area contributed by atoms with Crippen LogP contribution < -0.4 is 10.1 Å². The highest BCUT2D eigenvalue weighted by Crippen LogP contribution is 2.40. The summed E-state index contributed by atoms with van der Waals surface area (Å²) in [6.45, 7) is 5.55. The molecule has 1 fully saturated rings. The van der Waals surface area contributed by atoms with Crippen LogP contribution in [0.1, 0.15) is 31.5 Å². The van der Waals surface area contributed by atoms with Gasteiger partial charge in [-0.1, -0.05) is 18.5 Å². The summed E-state index contributed by atoms with van der Waals surface area (Å²) in [4.78, 5) is 20.2. The van der Waals surface area contributed by atoms with Crippen molar-refractivity contribution in [2.24, 2.45) is 13.0 Å². The summed E-state index contributed by atoms with van der Waals surface area (Å²) in [7, 11) is 1.59. The molecule has 1 aliphatic heterocycles. The lowest BCUT2D eigenvalue weighted by Gasteiger charge is -2.33. The summed E-state index contributed by atoms with van der Waals surface area (Å²) < 4.78 is 46.1. The van der Waals surface area contributed by atoms with Gasteiger partial charge in [-0.3, -0.25) is 4.90 Å². The van der Waals surface area contributed by atoms with Crippen LogP contribution in [0.25, 0.3) is 0 Å². The van der Waals surface area contributed by atoms with Gasteiger partial charge in [0, 0.05) is 26.2 Å². The SMILES string of the molecule is Cc1nn(C)c(Nc2ncc(C(F)(F)F)c(Cl)n2)c1OC1(C)CC(C)CN1C(=O)O. The average Bonchev–Trinajstić information content (AvgIpc) is 3.03. The predicted octanol–water partition coefficient (Wildman–Crippen LogP) is 4.05. The number of aryl methyl sites for hydroxylation is 2. The number of likely N-dealkylation sites (tertiary alicyclic amines) is 1. The minimum Gasteiger partial charge on any atom is -0.465 e. The second-order valence-corrected chi connectivity index (χ2v) is 7.75. The third-order valence-corrected chi connectivity index (χ3v) is 5.08. The quantitative estimate of drug-likeness (QED) is 0.680. The van der Waals surface area contributed by atoms with Gasteiger partial charge in [0.05, 0.1) is 0 Å². The van der Waals surface area contributed by atoms with E-state index in [0.29, 0.717) is 24.9 Å². The normalized spacial score (nSPS) is 21.7. The van der Waals surface area contributed by atoms with Crippen LogP contribution in [-0.2, 0) is 13.2 Å². The maximum atomic E-state index is 12.9. The van der Waals surface area contributed by atoms with Crippen molar-refractivity contribution >= 4 is 29.5 Å². The van der Waals surface area contributed by atoms with E-state index in [1.807, 2.05) is 6.92 Å². The molecule has 0 radical (unpaired) electrons. The third kappa shape index (κ3) is 4.09. The van der Waals surface area contributed by atoms with Crippen LogP contribution in [0.3, 0.4) is 0 Å². The monoisotopic (exact) mass is 448 g/mol. The smallest absolute Gasteiger partial charge is 0.420 e. The molecule has 0 saturated carbocycles. The van der Waals surface area contributed by atoms with E-state index in [9.17, 15) is 23.1 Å². The molecule has 1 aliphatic rings. The number of nitrogens with zero attached hydrogens (tertiary/aromatic N) is 5. The fraction of sp³-hybridized carbons (Fsp3) is 0.529. The summed E-state index contributed by atoms with van der Waals surface area (Å²) in [6.07, 6.45) is -4.76. The van der Waals surface area contributed by atoms with Crippen LogP contribution in [0, 0.1) is 12.8 Å². The number of aromatic nitrogens is 4. The zero-order valence-corrected chi connectivity index (χ0v) is 17.3. The molecule has 1 amide bonds. The Hall–Kier alpha value is -2.76. The molecule has 3 rings (SSSR count). The molecule has 164 valence electrons. The Morgan fingerprint density at radius 2 is 2.13 bits per heavy atom. The zero-order valence-electron chi connectivity index (χ0n) is 16.6. The second kappa shape index (κ2) is 7.49. The molecule has 2 aromatic rings. The lowest BCUT2D eigenvalue weighted by Crippen LogP contribution is -2.48. The predicted molar refractivity (Wildman–Crippen MR) is 101 cm³/mol. The lowest BCUT2D eigenvalue weighted by molar-refractivity contribution is -0.137. The molecule has 2 N–H and O–H groups in total. The summed E-state index contributed by atoms with van der Waals surface area (Å²) in [5.74, 6) is 0.367. The number of hydrogen-bond acceptors (Lipinski definition) is 6. The minimum atomic E-state index is -4.68. The van der Waals surface area contributed by atoms with Gasteiger partial charge in [-0.2, -0.15) is 18.3 Å². The maximum Gasteiger partial charge on any atom is 0.420 e. The number of ether oxygens (including phenoxy) is 1. The van der Waals surface area contributed by atoms with Crippen molar-refractivity contribution in [2.75, 3.05) is 11.9 Å². The van der Waals surface area contributed by atoms with Gasteiger partial charge < -0.3 is 15.2 Å². The first-order valence-corrected chi connectivity index (χ1v) is 9.29. The first-order valence-electron chi connectivity index (χ1n) is 8.91. The number of alkyl halides is 3. The van der Waals surface area contributed by atoms with Gasteiger partial charge in [-0.25, -0.2) is 19.4 Å². The number of carbonyl (C=O) groups is 1. The van der Waals surface area contributed by atoms with Crippen molar-refractivity contribution in [3.63, 3.8) is 0 Å². The van der Waals surface area contributed by atoms with Crippen LogP contribution in [0.4, 0.5) is 29.7 Å². The Balaban J connectivity index is 1.93. The highest BCUT2D eigenvalue weighted by molar-refractivity contribution is 6.30. The van der Waals surface area contributed by atoms with Gasteiger partial charge in [-0.15, -0.1) is 0 Å². The van der Waals surface area contributed by atoms with Gasteiger partial charge in [-0.05, 0) is 19.8 Å². The van der Waals surface area contributed by atoms with Crippen molar-refractivity contribution in [3.05, 3.63) is 22.6 Å². The van der Waals surface area contributed by atoms with E-state index in [4.69, 9.17) is 16.3 Å². The van der Waals surface area contributed by atoms with Gasteiger partial charge in [0.1, 0.15) is 16.4 Å². The Morgan fingerprint density at radius 1 is 1.47 bits per heavy atom. The van der Waals surface area contributed by atoms with E-state index in [1.54, 1.807) is 20.9 Å². The van der Waals surface area contributed by atoms with E-state index in [2.05, 4.69) is 20.4 Å². The topological polar surface area (TPSA) is 105 Å². The Labute approximate surface area is 174 Å². The third-order valence-electron chi connectivity index (χ3n) is 4.79. The molecule has 3 heterocycles. The summed E-state index contributed by atoms with van der Waals surface area (Å²) >= 11 is 5.66. The number of rotatable bonds is 4. The molecule has 0 spiro atoms. The van der Waals surface area contributed by atoms with Crippen LogP contribution in [0.5, 0.6) is 5.75 Å². The summed E-state index contributed by atoms with van der Waals surface area (Å²) in [5, 5.41) is 15.8. The number of carboxylic acid groups (broad SMARTS) is 1. The fourth-order valence-electron chi connectivity index (χ4n) is 3.54. The highest BCUT2D eigenvalue weighted by Gasteiger charge is 2.46. The van der Waals surface area contributed by atoms with Crippen molar-refractivity contribution in [3.8, 4) is 5.75 Å². The first-order chi connectivity index (χ1) is 13.8. The Kier molecular flexibility index (Phi) is 5.48. The number of halogens is 4. The van der Waals surface area contributed by atoms with E-state index in [0.717, 1.165) is 0 Å². The maximum absolute atomic E-state index is 12.9. The number of hydrogen-bond donors (Lipinski definition) is 2. The molecular formula is C17H20ClF3N6O3. The molecule has 9 nitrogen and oxygen atoms in total. The van der Waals surface area contributed by atoms with Gasteiger partial charge in [0.15, 0.2) is 17.3 Å². The first kappa shape index (κ1) is 21.9. The van der Waals surface area contributed by atoms with Crippen LogP contribution in [0.2, 0.25) is 5.15 Å².